The SMILES string of the molecule is CC(C)c1nnsc1C(=O)Cc1ccnc2ccccc12. The highest BCUT2D eigenvalue weighted by molar-refractivity contribution is 7.08. The highest BCUT2D eigenvalue weighted by Crippen LogP contribution is 2.23. The van der Waals surface area contributed by atoms with Crippen LogP contribution in [0.2, 0.25) is 0 Å². The molecule has 106 valence electrons. The van der Waals surface area contributed by atoms with E-state index < -0.39 is 0 Å². The first kappa shape index (κ1) is 13.8. The maximum atomic E-state index is 12.6. The molecule has 5 heteroatoms. The largest absolute Gasteiger partial charge is 0.293 e. The Morgan fingerprint density at radius 2 is 2.05 bits per heavy atom. The highest BCUT2D eigenvalue weighted by atomic mass is 32.1. The van der Waals surface area contributed by atoms with Crippen molar-refractivity contribution in [1.82, 2.24) is 14.6 Å². The molecule has 0 spiro atoms. The lowest BCUT2D eigenvalue weighted by Gasteiger charge is -2.06. The summed E-state index contributed by atoms with van der Waals surface area (Å²) in [6, 6.07) is 9.77. The van der Waals surface area contributed by atoms with Crippen LogP contribution in [0.5, 0.6) is 0 Å². The quantitative estimate of drug-likeness (QED) is 0.690. The second-order valence-corrected chi connectivity index (χ2v) is 5.98. The minimum atomic E-state index is 0.0741. The fraction of sp³-hybridized carbons (Fsp3) is 0.250. The number of pyridine rings is 1. The number of hydrogen-bond acceptors (Lipinski definition) is 5. The monoisotopic (exact) mass is 297 g/mol. The van der Waals surface area contributed by atoms with Crippen molar-refractivity contribution in [2.75, 3.05) is 0 Å². The van der Waals surface area contributed by atoms with E-state index in [1.54, 1.807) is 6.20 Å². The number of ketones is 1. The van der Waals surface area contributed by atoms with Gasteiger partial charge in [-0.1, -0.05) is 36.5 Å². The van der Waals surface area contributed by atoms with Crippen LogP contribution in [0, 0.1) is 0 Å². The summed E-state index contributed by atoms with van der Waals surface area (Å²) in [5.74, 6) is 0.280. The third-order valence-corrected chi connectivity index (χ3v) is 4.19. The minimum Gasteiger partial charge on any atom is -0.293 e. The van der Waals surface area contributed by atoms with Crippen LogP contribution >= 0.6 is 11.5 Å². The first-order valence-corrected chi connectivity index (χ1v) is 7.62. The lowest BCUT2D eigenvalue weighted by molar-refractivity contribution is 0.0995. The van der Waals surface area contributed by atoms with E-state index in [1.807, 2.05) is 44.2 Å². The first-order chi connectivity index (χ1) is 10.2. The van der Waals surface area contributed by atoms with Crippen LogP contribution in [-0.4, -0.2) is 20.4 Å². The van der Waals surface area contributed by atoms with Crippen molar-refractivity contribution >= 4 is 28.2 Å². The second-order valence-electron chi connectivity index (χ2n) is 5.23. The van der Waals surface area contributed by atoms with Crippen LogP contribution in [-0.2, 0) is 6.42 Å². The molecule has 0 aliphatic heterocycles. The summed E-state index contributed by atoms with van der Waals surface area (Å²) >= 11 is 1.18. The van der Waals surface area contributed by atoms with E-state index in [4.69, 9.17) is 0 Å². The van der Waals surface area contributed by atoms with E-state index in [1.165, 1.54) is 11.5 Å². The fourth-order valence-corrected chi connectivity index (χ4v) is 3.09. The van der Waals surface area contributed by atoms with Crippen LogP contribution in [0.3, 0.4) is 0 Å². The van der Waals surface area contributed by atoms with E-state index in [-0.39, 0.29) is 11.7 Å². The molecule has 1 aromatic carbocycles. The molecule has 0 radical (unpaired) electrons. The van der Waals surface area contributed by atoms with Crippen molar-refractivity contribution in [2.45, 2.75) is 26.2 Å². The predicted octanol–water partition coefficient (Wildman–Crippen LogP) is 3.64. The molecule has 0 saturated heterocycles. The first-order valence-electron chi connectivity index (χ1n) is 6.85. The Labute approximate surface area is 127 Å². The summed E-state index contributed by atoms with van der Waals surface area (Å²) in [5, 5.41) is 5.10. The Morgan fingerprint density at radius 1 is 1.24 bits per heavy atom. The van der Waals surface area contributed by atoms with Gasteiger partial charge in [-0.15, -0.1) is 5.10 Å². The fourth-order valence-electron chi connectivity index (χ4n) is 2.33. The molecule has 3 aromatic rings. The maximum Gasteiger partial charge on any atom is 0.180 e. The average molecular weight is 297 g/mol. The second kappa shape index (κ2) is 5.69. The van der Waals surface area contributed by atoms with E-state index in [2.05, 4.69) is 14.6 Å². The van der Waals surface area contributed by atoms with Gasteiger partial charge < -0.3 is 0 Å². The summed E-state index contributed by atoms with van der Waals surface area (Å²) in [7, 11) is 0. The number of benzene rings is 1. The van der Waals surface area contributed by atoms with Crippen molar-refractivity contribution in [3.8, 4) is 0 Å². The van der Waals surface area contributed by atoms with Gasteiger partial charge in [0.1, 0.15) is 4.88 Å². The molecule has 0 aliphatic carbocycles. The number of fused-ring (bicyclic) bond motifs is 1. The summed E-state index contributed by atoms with van der Waals surface area (Å²) < 4.78 is 3.93. The number of nitrogens with zero attached hydrogens (tertiary/aromatic N) is 3. The standard InChI is InChI=1S/C16H15N3OS/c1-10(2)15-16(21-19-18-15)14(20)9-11-7-8-17-13-6-4-3-5-12(11)13/h3-8,10H,9H2,1-2H3. The van der Waals surface area contributed by atoms with Crippen molar-refractivity contribution in [2.24, 2.45) is 0 Å². The Balaban J connectivity index is 1.95. The van der Waals surface area contributed by atoms with Crippen molar-refractivity contribution in [3.05, 3.63) is 52.7 Å². The number of carbonyl (C=O) groups is 1. The summed E-state index contributed by atoms with van der Waals surface area (Å²) in [4.78, 5) is 17.6. The topological polar surface area (TPSA) is 55.7 Å². The zero-order valence-corrected chi connectivity index (χ0v) is 12.7. The molecule has 0 amide bonds. The zero-order valence-electron chi connectivity index (χ0n) is 11.9. The van der Waals surface area contributed by atoms with E-state index in [0.717, 1.165) is 22.2 Å². The molecule has 0 aliphatic rings. The Kier molecular flexibility index (Phi) is 3.75. The maximum absolute atomic E-state index is 12.6. The predicted molar refractivity (Wildman–Crippen MR) is 83.8 cm³/mol. The molecule has 0 saturated carbocycles. The summed E-state index contributed by atoms with van der Waals surface area (Å²) in [5.41, 5.74) is 2.70. The smallest absolute Gasteiger partial charge is 0.180 e. The van der Waals surface area contributed by atoms with E-state index in [9.17, 15) is 4.79 Å². The van der Waals surface area contributed by atoms with E-state index in [0.29, 0.717) is 11.3 Å². The van der Waals surface area contributed by atoms with Gasteiger partial charge in [0.05, 0.1) is 11.2 Å². The zero-order chi connectivity index (χ0) is 14.8. The molecule has 3 rings (SSSR count). The molecular formula is C16H15N3OS. The molecule has 0 atom stereocenters. The van der Waals surface area contributed by atoms with Gasteiger partial charge in [0.25, 0.3) is 0 Å². The van der Waals surface area contributed by atoms with Crippen LogP contribution in [0.4, 0.5) is 0 Å². The van der Waals surface area contributed by atoms with Crippen LogP contribution in [0.1, 0.15) is 40.7 Å². The molecule has 0 N–H and O–H groups in total. The number of aromatic nitrogens is 3. The van der Waals surface area contributed by atoms with Gasteiger partial charge >= 0.3 is 0 Å². The van der Waals surface area contributed by atoms with E-state index >= 15 is 0 Å². The van der Waals surface area contributed by atoms with Gasteiger partial charge in [-0.05, 0) is 35.1 Å². The summed E-state index contributed by atoms with van der Waals surface area (Å²) in [6.07, 6.45) is 2.10. The molecule has 2 heterocycles. The van der Waals surface area contributed by atoms with Crippen LogP contribution in [0.15, 0.2) is 36.5 Å². The Hall–Kier alpha value is -2.14. The average Bonchev–Trinajstić information content (AvgIpc) is 2.97. The Bertz CT molecular complexity index is 790. The number of carbonyl (C=O) groups excluding carboxylic acids is 1. The van der Waals surface area contributed by atoms with Crippen LogP contribution < -0.4 is 0 Å². The normalized spacial score (nSPS) is 11.2. The molecular weight excluding hydrogens is 282 g/mol. The van der Waals surface area contributed by atoms with Gasteiger partial charge in [0, 0.05) is 18.0 Å². The number of para-hydroxylation sites is 1. The van der Waals surface area contributed by atoms with Crippen molar-refractivity contribution in [3.63, 3.8) is 0 Å². The lowest BCUT2D eigenvalue weighted by atomic mass is 10.0. The lowest BCUT2D eigenvalue weighted by Crippen LogP contribution is -2.06. The van der Waals surface area contributed by atoms with Gasteiger partial charge in [-0.3, -0.25) is 9.78 Å². The van der Waals surface area contributed by atoms with Gasteiger partial charge in [-0.25, -0.2) is 0 Å². The number of rotatable bonds is 4. The number of hydrogen-bond donors (Lipinski definition) is 0. The van der Waals surface area contributed by atoms with Gasteiger partial charge in [0.2, 0.25) is 0 Å². The van der Waals surface area contributed by atoms with Gasteiger partial charge in [-0.2, -0.15) is 0 Å². The number of Topliss-reactive ketones (excluding diaryl/α,β-unsaturated/α-hetero) is 1. The third-order valence-electron chi connectivity index (χ3n) is 3.40. The Morgan fingerprint density at radius 3 is 2.86 bits per heavy atom. The van der Waals surface area contributed by atoms with Gasteiger partial charge in [0.15, 0.2) is 5.78 Å². The highest BCUT2D eigenvalue weighted by Gasteiger charge is 2.19. The molecule has 4 nitrogen and oxygen atoms in total. The van der Waals surface area contributed by atoms with Crippen LogP contribution in [0.25, 0.3) is 10.9 Å². The minimum absolute atomic E-state index is 0.0741. The molecule has 0 fully saturated rings. The summed E-state index contributed by atoms with van der Waals surface area (Å²) in [6.45, 7) is 4.05. The van der Waals surface area contributed by atoms with Crippen molar-refractivity contribution < 1.29 is 4.79 Å². The molecule has 21 heavy (non-hydrogen) atoms. The molecule has 0 bridgehead atoms. The van der Waals surface area contributed by atoms with Crippen molar-refractivity contribution in [1.29, 1.82) is 0 Å². The molecule has 0 unspecified atom stereocenters. The molecule has 2 aromatic heterocycles. The third kappa shape index (κ3) is 2.69.